The molecule has 1 atom stereocenters. The fraction of sp³-hybridized carbons (Fsp3) is 0.611. The van der Waals surface area contributed by atoms with Crippen LogP contribution < -0.4 is 10.6 Å². The predicted molar refractivity (Wildman–Crippen MR) is 88.2 cm³/mol. The molecule has 0 bridgehead atoms. The Hall–Kier alpha value is -1.35. The second-order valence-corrected chi connectivity index (χ2v) is 6.71. The average Bonchev–Trinajstić information content (AvgIpc) is 2.45. The summed E-state index contributed by atoms with van der Waals surface area (Å²) in [5.41, 5.74) is 2.21. The summed E-state index contributed by atoms with van der Waals surface area (Å²) < 4.78 is 0. The van der Waals surface area contributed by atoms with E-state index in [0.29, 0.717) is 0 Å². The molecule has 0 aliphatic heterocycles. The van der Waals surface area contributed by atoms with Crippen molar-refractivity contribution in [2.75, 3.05) is 11.9 Å². The van der Waals surface area contributed by atoms with Crippen LogP contribution in [0.25, 0.3) is 0 Å². The number of benzene rings is 1. The van der Waals surface area contributed by atoms with Gasteiger partial charge in [-0.05, 0) is 36.4 Å². The van der Waals surface area contributed by atoms with Gasteiger partial charge in [0.1, 0.15) is 0 Å². The molecule has 0 heterocycles. The van der Waals surface area contributed by atoms with E-state index in [-0.39, 0.29) is 17.2 Å². The smallest absolute Gasteiger partial charge is 0.228 e. The Morgan fingerprint density at radius 1 is 1.29 bits per heavy atom. The van der Waals surface area contributed by atoms with Gasteiger partial charge in [-0.2, -0.15) is 0 Å². The topological polar surface area (TPSA) is 41.1 Å². The number of nitrogens with one attached hydrogen (secondary N) is 2. The van der Waals surface area contributed by atoms with Gasteiger partial charge in [-0.15, -0.1) is 0 Å². The average molecular weight is 288 g/mol. The van der Waals surface area contributed by atoms with Crippen molar-refractivity contribution in [1.82, 2.24) is 5.32 Å². The molecule has 3 heteroatoms. The van der Waals surface area contributed by atoms with E-state index in [9.17, 15) is 4.79 Å². The van der Waals surface area contributed by atoms with Gasteiger partial charge in [-0.25, -0.2) is 0 Å². The summed E-state index contributed by atoms with van der Waals surface area (Å²) in [5, 5.41) is 6.49. The number of carbonyl (C=O) groups is 1. The molecule has 1 aromatic rings. The lowest BCUT2D eigenvalue weighted by Gasteiger charge is -2.37. The first-order valence-corrected chi connectivity index (χ1v) is 8.14. The van der Waals surface area contributed by atoms with Crippen molar-refractivity contribution in [2.45, 2.75) is 53.0 Å². The van der Waals surface area contributed by atoms with Crippen LogP contribution in [0.1, 0.15) is 52.0 Å². The van der Waals surface area contributed by atoms with Crippen molar-refractivity contribution in [3.8, 4) is 0 Å². The standard InChI is InChI=1S/C18H28N2O/c1-4-19-13-14-9-5-6-11-16(14)20-17(21)15-10-7-8-12-18(15,2)3/h5-6,9,11,15,19H,4,7-8,10,12-13H2,1-3H3,(H,20,21). The van der Waals surface area contributed by atoms with Gasteiger partial charge < -0.3 is 10.6 Å². The van der Waals surface area contributed by atoms with Gasteiger partial charge in [-0.1, -0.05) is 51.8 Å². The minimum atomic E-state index is 0.110. The van der Waals surface area contributed by atoms with Crippen molar-refractivity contribution in [3.05, 3.63) is 29.8 Å². The molecule has 2 N–H and O–H groups in total. The highest BCUT2D eigenvalue weighted by Gasteiger charge is 2.37. The van der Waals surface area contributed by atoms with E-state index in [1.807, 2.05) is 18.2 Å². The predicted octanol–water partition coefficient (Wildman–Crippen LogP) is 3.95. The lowest BCUT2D eigenvalue weighted by molar-refractivity contribution is -0.124. The molecule has 0 saturated heterocycles. The minimum Gasteiger partial charge on any atom is -0.326 e. The molecular formula is C18H28N2O. The Morgan fingerprint density at radius 2 is 2.05 bits per heavy atom. The van der Waals surface area contributed by atoms with Gasteiger partial charge in [-0.3, -0.25) is 4.79 Å². The molecule has 116 valence electrons. The van der Waals surface area contributed by atoms with Crippen LogP contribution >= 0.6 is 0 Å². The van der Waals surface area contributed by atoms with Gasteiger partial charge >= 0.3 is 0 Å². The first kappa shape index (κ1) is 16.0. The maximum Gasteiger partial charge on any atom is 0.228 e. The third kappa shape index (κ3) is 4.07. The summed E-state index contributed by atoms with van der Waals surface area (Å²) in [4.78, 5) is 12.7. The van der Waals surface area contributed by atoms with Crippen LogP contribution in [-0.2, 0) is 11.3 Å². The van der Waals surface area contributed by atoms with Crippen LogP contribution in [0.2, 0.25) is 0 Å². The van der Waals surface area contributed by atoms with E-state index in [0.717, 1.165) is 37.2 Å². The normalized spacial score (nSPS) is 21.0. The lowest BCUT2D eigenvalue weighted by atomic mass is 9.68. The molecule has 0 aromatic heterocycles. The quantitative estimate of drug-likeness (QED) is 0.861. The number of hydrogen-bond acceptors (Lipinski definition) is 2. The second kappa shape index (κ2) is 7.08. The molecule has 1 aliphatic carbocycles. The van der Waals surface area contributed by atoms with E-state index >= 15 is 0 Å². The number of anilines is 1. The second-order valence-electron chi connectivity index (χ2n) is 6.71. The van der Waals surface area contributed by atoms with Gasteiger partial charge in [0.05, 0.1) is 0 Å². The molecule has 1 amide bonds. The SMILES string of the molecule is CCNCc1ccccc1NC(=O)C1CCCCC1(C)C. The largest absolute Gasteiger partial charge is 0.326 e. The van der Waals surface area contributed by atoms with Crippen LogP contribution in [0.15, 0.2) is 24.3 Å². The Labute approximate surface area is 128 Å². The highest BCUT2D eigenvalue weighted by molar-refractivity contribution is 5.93. The van der Waals surface area contributed by atoms with E-state index in [1.54, 1.807) is 0 Å². The summed E-state index contributed by atoms with van der Waals surface area (Å²) in [6, 6.07) is 8.08. The number of amides is 1. The fourth-order valence-electron chi connectivity index (χ4n) is 3.26. The first-order chi connectivity index (χ1) is 10.0. The molecule has 1 aromatic carbocycles. The van der Waals surface area contributed by atoms with E-state index in [4.69, 9.17) is 0 Å². The molecule has 1 unspecified atom stereocenters. The zero-order valence-electron chi connectivity index (χ0n) is 13.5. The Morgan fingerprint density at radius 3 is 2.76 bits per heavy atom. The van der Waals surface area contributed by atoms with Gasteiger partial charge in [0, 0.05) is 18.2 Å². The van der Waals surface area contributed by atoms with Crippen LogP contribution in [0, 0.1) is 11.3 Å². The number of hydrogen-bond donors (Lipinski definition) is 2. The Bertz CT molecular complexity index is 482. The zero-order chi connectivity index (χ0) is 15.3. The summed E-state index contributed by atoms with van der Waals surface area (Å²) in [6.45, 7) is 8.26. The van der Waals surface area contributed by atoms with Gasteiger partial charge in [0.25, 0.3) is 0 Å². The molecular weight excluding hydrogens is 260 g/mol. The number of carbonyl (C=O) groups excluding carboxylic acids is 1. The molecule has 3 nitrogen and oxygen atoms in total. The minimum absolute atomic E-state index is 0.110. The van der Waals surface area contributed by atoms with E-state index in [1.165, 1.54) is 12.8 Å². The third-order valence-electron chi connectivity index (χ3n) is 4.66. The number of rotatable bonds is 5. The third-order valence-corrected chi connectivity index (χ3v) is 4.66. The summed E-state index contributed by atoms with van der Waals surface area (Å²) in [6.07, 6.45) is 4.56. The molecule has 1 fully saturated rings. The zero-order valence-corrected chi connectivity index (χ0v) is 13.5. The lowest BCUT2D eigenvalue weighted by Crippen LogP contribution is -2.37. The van der Waals surface area contributed by atoms with Crippen molar-refractivity contribution < 1.29 is 4.79 Å². The van der Waals surface area contributed by atoms with E-state index in [2.05, 4.69) is 37.5 Å². The molecule has 2 rings (SSSR count). The molecule has 0 spiro atoms. The summed E-state index contributed by atoms with van der Waals surface area (Å²) >= 11 is 0. The number of para-hydroxylation sites is 1. The highest BCUT2D eigenvalue weighted by Crippen LogP contribution is 2.41. The molecule has 1 aliphatic rings. The van der Waals surface area contributed by atoms with Crippen LogP contribution in [0.3, 0.4) is 0 Å². The van der Waals surface area contributed by atoms with E-state index < -0.39 is 0 Å². The highest BCUT2D eigenvalue weighted by atomic mass is 16.1. The molecule has 0 radical (unpaired) electrons. The van der Waals surface area contributed by atoms with Crippen molar-refractivity contribution in [2.24, 2.45) is 11.3 Å². The fourth-order valence-corrected chi connectivity index (χ4v) is 3.26. The molecule has 1 saturated carbocycles. The van der Waals surface area contributed by atoms with Crippen molar-refractivity contribution in [3.63, 3.8) is 0 Å². The monoisotopic (exact) mass is 288 g/mol. The maximum absolute atomic E-state index is 12.7. The summed E-state index contributed by atoms with van der Waals surface area (Å²) in [5.74, 6) is 0.307. The van der Waals surface area contributed by atoms with Gasteiger partial charge in [0.15, 0.2) is 0 Å². The van der Waals surface area contributed by atoms with Crippen molar-refractivity contribution in [1.29, 1.82) is 0 Å². The van der Waals surface area contributed by atoms with Crippen LogP contribution in [0.5, 0.6) is 0 Å². The Balaban J connectivity index is 2.08. The van der Waals surface area contributed by atoms with Gasteiger partial charge in [0.2, 0.25) is 5.91 Å². The Kier molecular flexibility index (Phi) is 5.40. The van der Waals surface area contributed by atoms with Crippen LogP contribution in [0.4, 0.5) is 5.69 Å². The first-order valence-electron chi connectivity index (χ1n) is 8.14. The van der Waals surface area contributed by atoms with Crippen molar-refractivity contribution >= 4 is 11.6 Å². The maximum atomic E-state index is 12.7. The van der Waals surface area contributed by atoms with Crippen LogP contribution in [-0.4, -0.2) is 12.5 Å². The molecule has 21 heavy (non-hydrogen) atoms. The summed E-state index contributed by atoms with van der Waals surface area (Å²) in [7, 11) is 0.